The number of rotatable bonds is 8. The number of hydrogen-bond acceptors (Lipinski definition) is 4. The Morgan fingerprint density at radius 1 is 1.12 bits per heavy atom. The zero-order valence-electron chi connectivity index (χ0n) is 14.6. The predicted octanol–water partition coefficient (Wildman–Crippen LogP) is 3.05. The number of carbonyl (C=O) groups excluding carboxylic acids is 2. The third-order valence-electron chi connectivity index (χ3n) is 3.78. The van der Waals surface area contributed by atoms with Gasteiger partial charge >= 0.3 is 0 Å². The van der Waals surface area contributed by atoms with E-state index in [1.165, 1.54) is 12.6 Å². The van der Waals surface area contributed by atoms with E-state index in [1.807, 2.05) is 24.3 Å². The van der Waals surface area contributed by atoms with E-state index >= 15 is 0 Å². The molecule has 0 aliphatic rings. The molecule has 1 N–H and O–H groups in total. The lowest BCUT2D eigenvalue weighted by atomic mass is 10.1. The maximum absolute atomic E-state index is 12.4. The molecule has 2 aromatic carbocycles. The Kier molecular flexibility index (Phi) is 7.72. The fourth-order valence-electron chi connectivity index (χ4n) is 2.34. The smallest absolute Gasteiger partial charge is 0.257 e. The summed E-state index contributed by atoms with van der Waals surface area (Å²) in [5.74, 6) is 0.808. The third-order valence-corrected chi connectivity index (χ3v) is 4.84. The summed E-state index contributed by atoms with van der Waals surface area (Å²) in [6.45, 7) is 0. The van der Waals surface area contributed by atoms with Gasteiger partial charge in [-0.15, -0.1) is 0 Å². The fourth-order valence-corrected chi connectivity index (χ4v) is 3.31. The molecule has 2 rings (SSSR count). The first-order chi connectivity index (χ1) is 12.6. The molecule has 134 valence electrons. The summed E-state index contributed by atoms with van der Waals surface area (Å²) in [4.78, 5) is 25.7. The van der Waals surface area contributed by atoms with Crippen molar-refractivity contribution in [1.29, 1.82) is 5.26 Å². The van der Waals surface area contributed by atoms with E-state index in [0.29, 0.717) is 17.7 Å². The number of benzene rings is 2. The van der Waals surface area contributed by atoms with Crippen LogP contribution < -0.4 is 5.32 Å². The summed E-state index contributed by atoms with van der Waals surface area (Å²) in [6.07, 6.45) is 2.26. The van der Waals surface area contributed by atoms with Gasteiger partial charge in [-0.3, -0.25) is 14.5 Å². The van der Waals surface area contributed by atoms with Gasteiger partial charge < -0.3 is 5.32 Å². The molecule has 0 radical (unpaired) electrons. The lowest BCUT2D eigenvalue weighted by molar-refractivity contribution is -0.129. The van der Waals surface area contributed by atoms with Crippen molar-refractivity contribution in [1.82, 2.24) is 10.2 Å². The minimum absolute atomic E-state index is 0.316. The van der Waals surface area contributed by atoms with Crippen LogP contribution >= 0.6 is 11.8 Å². The molecule has 2 amide bonds. The average molecular weight is 367 g/mol. The Labute approximate surface area is 158 Å². The SMILES string of the molecule is CN(C#N)C(=O)[C@@H](CCSCc1ccccc1)NC(=O)c1ccccc1. The van der Waals surface area contributed by atoms with Crippen LogP contribution in [0.2, 0.25) is 0 Å². The largest absolute Gasteiger partial charge is 0.340 e. The van der Waals surface area contributed by atoms with Gasteiger partial charge in [0.05, 0.1) is 0 Å². The first kappa shape index (κ1) is 19.5. The van der Waals surface area contributed by atoms with E-state index in [9.17, 15) is 9.59 Å². The van der Waals surface area contributed by atoms with Crippen molar-refractivity contribution in [3.8, 4) is 6.19 Å². The van der Waals surface area contributed by atoms with Crippen molar-refractivity contribution in [2.45, 2.75) is 18.2 Å². The molecular formula is C20H21N3O2S. The summed E-state index contributed by atoms with van der Waals surface area (Å²) < 4.78 is 0. The molecule has 0 heterocycles. The first-order valence-corrected chi connectivity index (χ1v) is 9.42. The highest BCUT2D eigenvalue weighted by Crippen LogP contribution is 2.14. The van der Waals surface area contributed by atoms with E-state index in [-0.39, 0.29) is 5.91 Å². The van der Waals surface area contributed by atoms with E-state index in [4.69, 9.17) is 5.26 Å². The molecule has 6 heteroatoms. The molecule has 0 saturated carbocycles. The second-order valence-electron chi connectivity index (χ2n) is 5.72. The molecule has 0 aliphatic carbocycles. The topological polar surface area (TPSA) is 73.2 Å². The first-order valence-electron chi connectivity index (χ1n) is 8.26. The van der Waals surface area contributed by atoms with Gasteiger partial charge in [0.2, 0.25) is 0 Å². The van der Waals surface area contributed by atoms with Crippen molar-refractivity contribution < 1.29 is 9.59 Å². The van der Waals surface area contributed by atoms with Crippen LogP contribution in [0.4, 0.5) is 0 Å². The van der Waals surface area contributed by atoms with Crippen LogP contribution in [0.25, 0.3) is 0 Å². The molecule has 0 saturated heterocycles. The van der Waals surface area contributed by atoms with Crippen molar-refractivity contribution in [2.75, 3.05) is 12.8 Å². The van der Waals surface area contributed by atoms with Gasteiger partial charge in [0.15, 0.2) is 6.19 Å². The Morgan fingerprint density at radius 2 is 1.73 bits per heavy atom. The zero-order chi connectivity index (χ0) is 18.8. The van der Waals surface area contributed by atoms with Crippen molar-refractivity contribution in [3.05, 3.63) is 71.8 Å². The molecule has 0 aromatic heterocycles. The molecule has 0 unspecified atom stereocenters. The van der Waals surface area contributed by atoms with Crippen LogP contribution in [-0.2, 0) is 10.5 Å². The van der Waals surface area contributed by atoms with Crippen molar-refractivity contribution in [3.63, 3.8) is 0 Å². The number of nitrogens with one attached hydrogen (secondary N) is 1. The number of carbonyl (C=O) groups is 2. The van der Waals surface area contributed by atoms with Gasteiger partial charge in [-0.1, -0.05) is 48.5 Å². The van der Waals surface area contributed by atoms with Gasteiger partial charge in [0, 0.05) is 18.4 Å². The van der Waals surface area contributed by atoms with Crippen LogP contribution in [0.5, 0.6) is 0 Å². The highest BCUT2D eigenvalue weighted by molar-refractivity contribution is 7.98. The van der Waals surface area contributed by atoms with Gasteiger partial charge in [-0.2, -0.15) is 17.0 Å². The maximum atomic E-state index is 12.4. The molecule has 2 aromatic rings. The van der Waals surface area contributed by atoms with E-state index < -0.39 is 11.9 Å². The lowest BCUT2D eigenvalue weighted by Crippen LogP contribution is -2.46. The molecular weight excluding hydrogens is 346 g/mol. The van der Waals surface area contributed by atoms with E-state index in [2.05, 4.69) is 17.4 Å². The number of likely N-dealkylation sites (N-methyl/N-ethyl adjacent to an activating group) is 1. The molecule has 5 nitrogen and oxygen atoms in total. The Hall–Kier alpha value is -2.78. The molecule has 0 fully saturated rings. The molecule has 1 atom stereocenters. The van der Waals surface area contributed by atoms with Crippen LogP contribution in [0.1, 0.15) is 22.3 Å². The summed E-state index contributed by atoms with van der Waals surface area (Å²) in [6, 6.07) is 18.1. The number of nitrogens with zero attached hydrogens (tertiary/aromatic N) is 2. The summed E-state index contributed by atoms with van der Waals surface area (Å²) in [7, 11) is 1.40. The lowest BCUT2D eigenvalue weighted by Gasteiger charge is -2.20. The Bertz CT molecular complexity index is 760. The number of thioether (sulfide) groups is 1. The fraction of sp³-hybridized carbons (Fsp3) is 0.250. The predicted molar refractivity (Wildman–Crippen MR) is 103 cm³/mol. The number of hydrogen-bond donors (Lipinski definition) is 1. The van der Waals surface area contributed by atoms with Crippen molar-refractivity contribution in [2.24, 2.45) is 0 Å². The highest BCUT2D eigenvalue weighted by Gasteiger charge is 2.24. The third kappa shape index (κ3) is 5.94. The summed E-state index contributed by atoms with van der Waals surface area (Å²) in [5, 5.41) is 11.7. The highest BCUT2D eigenvalue weighted by atomic mass is 32.2. The van der Waals surface area contributed by atoms with Gasteiger partial charge in [-0.05, 0) is 29.9 Å². The molecule has 26 heavy (non-hydrogen) atoms. The minimum atomic E-state index is -0.726. The van der Waals surface area contributed by atoms with Crippen LogP contribution in [0.3, 0.4) is 0 Å². The van der Waals surface area contributed by atoms with E-state index in [1.54, 1.807) is 42.2 Å². The number of amides is 2. The Morgan fingerprint density at radius 3 is 2.35 bits per heavy atom. The maximum Gasteiger partial charge on any atom is 0.257 e. The summed E-state index contributed by atoms with van der Waals surface area (Å²) >= 11 is 1.69. The standard InChI is InChI=1S/C20H21N3O2S/c1-23(15-21)20(25)18(22-19(24)17-10-6-3-7-11-17)12-13-26-14-16-8-4-2-5-9-16/h2-11,18H,12-14H2,1H3,(H,22,24)/t18-/m1/s1. The second kappa shape index (κ2) is 10.3. The number of nitriles is 1. The zero-order valence-corrected chi connectivity index (χ0v) is 15.4. The second-order valence-corrected chi connectivity index (χ2v) is 6.82. The molecule has 0 bridgehead atoms. The summed E-state index contributed by atoms with van der Waals surface area (Å²) in [5.41, 5.74) is 1.70. The van der Waals surface area contributed by atoms with Gasteiger partial charge in [0.1, 0.15) is 6.04 Å². The molecule has 0 spiro atoms. The van der Waals surface area contributed by atoms with Crippen molar-refractivity contribution >= 4 is 23.6 Å². The Balaban J connectivity index is 1.94. The normalized spacial score (nSPS) is 11.2. The van der Waals surface area contributed by atoms with E-state index in [0.717, 1.165) is 10.7 Å². The minimum Gasteiger partial charge on any atom is -0.340 e. The average Bonchev–Trinajstić information content (AvgIpc) is 2.70. The van der Waals surface area contributed by atoms with Crippen LogP contribution in [0.15, 0.2) is 60.7 Å². The van der Waals surface area contributed by atoms with Crippen LogP contribution in [0, 0.1) is 11.5 Å². The van der Waals surface area contributed by atoms with Crippen LogP contribution in [-0.4, -0.2) is 35.6 Å². The van der Waals surface area contributed by atoms with Gasteiger partial charge in [0.25, 0.3) is 11.8 Å². The van der Waals surface area contributed by atoms with Gasteiger partial charge in [-0.25, -0.2) is 0 Å². The monoisotopic (exact) mass is 367 g/mol. The molecule has 0 aliphatic heterocycles. The quantitative estimate of drug-likeness (QED) is 0.442.